The first kappa shape index (κ1) is 16.0. The number of nitrogens with two attached hydrogens (primary N) is 1. The molecule has 0 fully saturated rings. The van der Waals surface area contributed by atoms with E-state index in [-0.39, 0.29) is 5.91 Å². The molecule has 1 amide bonds. The zero-order valence-corrected chi connectivity index (χ0v) is 12.5. The predicted octanol–water partition coefficient (Wildman–Crippen LogP) is 1.43. The van der Waals surface area contributed by atoms with Crippen molar-refractivity contribution in [1.29, 1.82) is 0 Å². The predicted molar refractivity (Wildman–Crippen MR) is 76.2 cm³/mol. The van der Waals surface area contributed by atoms with Crippen molar-refractivity contribution in [3.8, 4) is 0 Å². The average Bonchev–Trinajstić information content (AvgIpc) is 2.75. The van der Waals surface area contributed by atoms with Crippen LogP contribution in [0.5, 0.6) is 0 Å². The Morgan fingerprint density at radius 2 is 2.21 bits per heavy atom. The van der Waals surface area contributed by atoms with Crippen molar-refractivity contribution >= 4 is 22.4 Å². The monoisotopic (exact) mass is 286 g/mol. The van der Waals surface area contributed by atoms with E-state index in [1.54, 1.807) is 7.11 Å². The van der Waals surface area contributed by atoms with Gasteiger partial charge in [-0.15, -0.1) is 10.2 Å². The Hall–Kier alpha value is -1.05. The molecular weight excluding hydrogens is 264 g/mol. The lowest BCUT2D eigenvalue weighted by molar-refractivity contribution is -0.117. The van der Waals surface area contributed by atoms with Crippen LogP contribution in [0.4, 0.5) is 5.13 Å². The summed E-state index contributed by atoms with van der Waals surface area (Å²) in [5.74, 6) is 0.302. The molecule has 0 spiro atoms. The van der Waals surface area contributed by atoms with Crippen molar-refractivity contribution < 1.29 is 9.53 Å². The summed E-state index contributed by atoms with van der Waals surface area (Å²) in [5.41, 5.74) is 5.78. The fourth-order valence-electron chi connectivity index (χ4n) is 1.51. The van der Waals surface area contributed by atoms with Crippen LogP contribution in [0.25, 0.3) is 0 Å². The molecule has 19 heavy (non-hydrogen) atoms. The van der Waals surface area contributed by atoms with Gasteiger partial charge < -0.3 is 10.5 Å². The molecular formula is C12H22N4O2S. The Morgan fingerprint density at radius 3 is 2.84 bits per heavy atom. The first-order valence-corrected chi connectivity index (χ1v) is 7.22. The van der Waals surface area contributed by atoms with Gasteiger partial charge in [0.2, 0.25) is 11.0 Å². The van der Waals surface area contributed by atoms with Crippen LogP contribution in [-0.4, -0.2) is 35.9 Å². The second-order valence-corrected chi connectivity index (χ2v) is 5.89. The number of methoxy groups -OCH3 is 1. The standard InChI is InChI=1S/C12H22N4O2S/c1-8(2)7-10-15-16-12(19-10)14-11(17)9(13)5-4-6-18-3/h8-9H,4-7,13H2,1-3H3,(H,14,16,17). The summed E-state index contributed by atoms with van der Waals surface area (Å²) < 4.78 is 4.92. The van der Waals surface area contributed by atoms with E-state index in [1.165, 1.54) is 11.3 Å². The Morgan fingerprint density at radius 1 is 1.47 bits per heavy atom. The number of carbonyl (C=O) groups is 1. The van der Waals surface area contributed by atoms with E-state index in [9.17, 15) is 4.79 Å². The minimum Gasteiger partial charge on any atom is -0.385 e. The molecule has 0 aliphatic heterocycles. The van der Waals surface area contributed by atoms with E-state index < -0.39 is 6.04 Å². The zero-order valence-electron chi connectivity index (χ0n) is 11.7. The second-order valence-electron chi connectivity index (χ2n) is 4.83. The molecule has 1 atom stereocenters. The van der Waals surface area contributed by atoms with Crippen LogP contribution >= 0.6 is 11.3 Å². The van der Waals surface area contributed by atoms with Crippen LogP contribution in [0, 0.1) is 5.92 Å². The summed E-state index contributed by atoms with van der Waals surface area (Å²) in [7, 11) is 1.63. The topological polar surface area (TPSA) is 90.1 Å². The summed E-state index contributed by atoms with van der Waals surface area (Å²) in [6.45, 7) is 4.84. The number of carbonyl (C=O) groups excluding carboxylic acids is 1. The normalized spacial score (nSPS) is 12.7. The summed E-state index contributed by atoms with van der Waals surface area (Å²) in [5, 5.41) is 12.1. The number of rotatable bonds is 8. The lowest BCUT2D eigenvalue weighted by Gasteiger charge is -2.09. The highest BCUT2D eigenvalue weighted by Crippen LogP contribution is 2.18. The number of aromatic nitrogens is 2. The largest absolute Gasteiger partial charge is 0.385 e. The minimum atomic E-state index is -0.535. The van der Waals surface area contributed by atoms with Gasteiger partial charge in [0.05, 0.1) is 6.04 Å². The molecule has 1 aromatic rings. The number of anilines is 1. The van der Waals surface area contributed by atoms with Gasteiger partial charge in [-0.3, -0.25) is 10.1 Å². The Labute approximate surface area is 117 Å². The molecule has 0 radical (unpaired) electrons. The van der Waals surface area contributed by atoms with Crippen LogP contribution in [0.1, 0.15) is 31.7 Å². The lowest BCUT2D eigenvalue weighted by atomic mass is 10.1. The molecule has 0 bridgehead atoms. The molecule has 7 heteroatoms. The maximum absolute atomic E-state index is 11.8. The Kier molecular flexibility index (Phi) is 6.90. The van der Waals surface area contributed by atoms with Gasteiger partial charge in [-0.1, -0.05) is 25.2 Å². The van der Waals surface area contributed by atoms with Crippen molar-refractivity contribution in [1.82, 2.24) is 10.2 Å². The van der Waals surface area contributed by atoms with Crippen molar-refractivity contribution in [2.45, 2.75) is 39.2 Å². The highest BCUT2D eigenvalue weighted by molar-refractivity contribution is 7.15. The molecule has 0 aromatic carbocycles. The SMILES string of the molecule is COCCCC(N)C(=O)Nc1nnc(CC(C)C)s1. The maximum Gasteiger partial charge on any atom is 0.243 e. The Balaban J connectivity index is 2.40. The minimum absolute atomic E-state index is 0.219. The molecule has 1 aromatic heterocycles. The zero-order chi connectivity index (χ0) is 14.3. The first-order valence-electron chi connectivity index (χ1n) is 6.40. The number of nitrogens with zero attached hydrogens (tertiary/aromatic N) is 2. The van der Waals surface area contributed by atoms with Crippen molar-refractivity contribution in [3.05, 3.63) is 5.01 Å². The van der Waals surface area contributed by atoms with E-state index in [2.05, 4.69) is 29.4 Å². The van der Waals surface area contributed by atoms with Crippen molar-refractivity contribution in [3.63, 3.8) is 0 Å². The molecule has 0 saturated heterocycles. The van der Waals surface area contributed by atoms with E-state index in [4.69, 9.17) is 10.5 Å². The highest BCUT2D eigenvalue weighted by atomic mass is 32.1. The summed E-state index contributed by atoms with van der Waals surface area (Å²) in [4.78, 5) is 11.8. The molecule has 1 rings (SSSR count). The number of amides is 1. The van der Waals surface area contributed by atoms with Gasteiger partial charge in [0.1, 0.15) is 5.01 Å². The third-order valence-corrected chi connectivity index (χ3v) is 3.34. The molecule has 1 unspecified atom stereocenters. The van der Waals surface area contributed by atoms with Gasteiger partial charge in [-0.2, -0.15) is 0 Å². The number of nitrogens with one attached hydrogen (secondary N) is 1. The second kappa shape index (κ2) is 8.19. The van der Waals surface area contributed by atoms with E-state index in [0.717, 1.165) is 17.8 Å². The van der Waals surface area contributed by atoms with Crippen LogP contribution < -0.4 is 11.1 Å². The molecule has 1 heterocycles. The third-order valence-electron chi connectivity index (χ3n) is 2.48. The fraction of sp³-hybridized carbons (Fsp3) is 0.750. The maximum atomic E-state index is 11.8. The molecule has 0 saturated carbocycles. The van der Waals surface area contributed by atoms with Crippen LogP contribution in [0.2, 0.25) is 0 Å². The fourth-order valence-corrected chi connectivity index (χ4v) is 2.47. The first-order chi connectivity index (χ1) is 9.02. The summed E-state index contributed by atoms with van der Waals surface area (Å²) >= 11 is 1.40. The molecule has 0 aliphatic rings. The summed E-state index contributed by atoms with van der Waals surface area (Å²) in [6.07, 6.45) is 2.23. The Bertz CT molecular complexity index is 395. The molecule has 0 aliphatic carbocycles. The quantitative estimate of drug-likeness (QED) is 0.706. The lowest BCUT2D eigenvalue weighted by Crippen LogP contribution is -2.35. The van der Waals surface area contributed by atoms with Gasteiger partial charge in [0.15, 0.2) is 0 Å². The van der Waals surface area contributed by atoms with E-state index in [1.807, 2.05) is 0 Å². The van der Waals surface area contributed by atoms with Crippen LogP contribution in [-0.2, 0) is 16.0 Å². The van der Waals surface area contributed by atoms with Gasteiger partial charge in [-0.05, 0) is 18.8 Å². The van der Waals surface area contributed by atoms with Crippen LogP contribution in [0.3, 0.4) is 0 Å². The number of hydrogen-bond donors (Lipinski definition) is 2. The van der Waals surface area contributed by atoms with Crippen molar-refractivity contribution in [2.75, 3.05) is 19.0 Å². The molecule has 6 nitrogen and oxygen atoms in total. The van der Waals surface area contributed by atoms with Crippen molar-refractivity contribution in [2.24, 2.45) is 11.7 Å². The average molecular weight is 286 g/mol. The van der Waals surface area contributed by atoms with Gasteiger partial charge in [0.25, 0.3) is 0 Å². The van der Waals surface area contributed by atoms with E-state index >= 15 is 0 Å². The molecule has 108 valence electrons. The smallest absolute Gasteiger partial charge is 0.243 e. The van der Waals surface area contributed by atoms with E-state index in [0.29, 0.717) is 24.1 Å². The third kappa shape index (κ3) is 6.09. The highest BCUT2D eigenvalue weighted by Gasteiger charge is 2.15. The number of ether oxygens (including phenoxy) is 1. The summed E-state index contributed by atoms with van der Waals surface area (Å²) in [6, 6.07) is -0.535. The van der Waals surface area contributed by atoms with Crippen LogP contribution in [0.15, 0.2) is 0 Å². The van der Waals surface area contributed by atoms with Gasteiger partial charge in [-0.25, -0.2) is 0 Å². The number of hydrogen-bond acceptors (Lipinski definition) is 6. The van der Waals surface area contributed by atoms with Gasteiger partial charge >= 0.3 is 0 Å². The van der Waals surface area contributed by atoms with Gasteiger partial charge in [0, 0.05) is 20.1 Å². The molecule has 3 N–H and O–H groups in total.